The number of hydrogen-bond acceptors (Lipinski definition) is 6. The number of ether oxygens (including phenoxy) is 1. The van der Waals surface area contributed by atoms with Crippen molar-refractivity contribution in [3.05, 3.63) is 52.0 Å². The Hall–Kier alpha value is -1.48. The summed E-state index contributed by atoms with van der Waals surface area (Å²) in [4.78, 5) is 4.02. The van der Waals surface area contributed by atoms with Crippen LogP contribution in [-0.4, -0.2) is 44.7 Å². The molecule has 2 fully saturated rings. The predicted octanol–water partition coefficient (Wildman–Crippen LogP) is 3.38. The minimum absolute atomic E-state index is 0.0818. The number of nitrogens with one attached hydrogen (secondary N) is 2. The molecule has 4 unspecified atom stereocenters. The Labute approximate surface area is 186 Å². The van der Waals surface area contributed by atoms with Gasteiger partial charge in [0.1, 0.15) is 0 Å². The molecule has 0 bridgehead atoms. The molecular weight excluding hydrogens is 425 g/mol. The van der Waals surface area contributed by atoms with Crippen molar-refractivity contribution < 1.29 is 9.84 Å². The molecule has 1 aliphatic heterocycles. The van der Waals surface area contributed by atoms with Crippen molar-refractivity contribution in [3.63, 3.8) is 0 Å². The number of aliphatic hydroxyl groups excluding tert-OH is 1. The molecular formula is C21H27Cl2N5O2. The fourth-order valence-corrected chi connectivity index (χ4v) is 5.11. The second-order valence-corrected chi connectivity index (χ2v) is 8.75. The van der Waals surface area contributed by atoms with Gasteiger partial charge in [0.15, 0.2) is 0 Å². The topological polar surface area (TPSA) is 84.2 Å². The molecule has 9 heteroatoms. The molecule has 30 heavy (non-hydrogen) atoms. The van der Waals surface area contributed by atoms with E-state index >= 15 is 0 Å². The van der Waals surface area contributed by atoms with Crippen molar-refractivity contribution in [2.24, 2.45) is 5.92 Å². The zero-order valence-electron chi connectivity index (χ0n) is 16.8. The highest BCUT2D eigenvalue weighted by Crippen LogP contribution is 2.37. The number of pyridine rings is 1. The third-order valence-corrected chi connectivity index (χ3v) is 6.52. The van der Waals surface area contributed by atoms with Crippen LogP contribution in [0.15, 0.2) is 30.9 Å². The second-order valence-electron chi connectivity index (χ2n) is 7.93. The van der Waals surface area contributed by atoms with E-state index in [1.807, 2.05) is 19.3 Å². The van der Waals surface area contributed by atoms with Gasteiger partial charge < -0.3 is 9.84 Å². The second kappa shape index (κ2) is 9.77. The van der Waals surface area contributed by atoms with Crippen molar-refractivity contribution in [1.29, 1.82) is 0 Å². The molecule has 0 radical (unpaired) electrons. The van der Waals surface area contributed by atoms with Crippen LogP contribution < -0.4 is 10.9 Å². The van der Waals surface area contributed by atoms with Crippen molar-refractivity contribution in [2.45, 2.75) is 57.0 Å². The number of aliphatic hydroxyl groups is 1. The molecule has 0 amide bonds. The summed E-state index contributed by atoms with van der Waals surface area (Å²) in [6, 6.07) is 0.644. The highest BCUT2D eigenvalue weighted by atomic mass is 35.5. The number of halogens is 2. The Morgan fingerprint density at radius 3 is 2.83 bits per heavy atom. The summed E-state index contributed by atoms with van der Waals surface area (Å²) in [5, 5.41) is 14.3. The molecule has 0 aromatic carbocycles. The summed E-state index contributed by atoms with van der Waals surface area (Å²) in [5.41, 5.74) is 8.67. The summed E-state index contributed by atoms with van der Waals surface area (Å²) in [6.07, 6.45) is 14.2. The van der Waals surface area contributed by atoms with Crippen LogP contribution in [0, 0.1) is 5.92 Å². The fraction of sp³-hybridized carbons (Fsp3) is 0.524. The normalized spacial score (nSPS) is 27.5. The number of rotatable bonds is 7. The maximum atomic E-state index is 9.02. The molecule has 3 heterocycles. The number of aromatic nitrogens is 3. The summed E-state index contributed by atoms with van der Waals surface area (Å²) in [5.74, 6) is 0.433. The monoisotopic (exact) mass is 451 g/mol. The van der Waals surface area contributed by atoms with E-state index in [-0.39, 0.29) is 24.9 Å². The lowest BCUT2D eigenvalue weighted by Crippen LogP contribution is -2.38. The first kappa shape index (κ1) is 21.7. The SMILES string of the molecule is C[C@@H](OC1CCC2NNC(/C=C/c3cnn(CCO)c3)C2C1)c1c(Cl)cncc1Cl. The third-order valence-electron chi connectivity index (χ3n) is 5.92. The average molecular weight is 452 g/mol. The largest absolute Gasteiger partial charge is 0.394 e. The van der Waals surface area contributed by atoms with Crippen LogP contribution in [-0.2, 0) is 11.3 Å². The lowest BCUT2D eigenvalue weighted by molar-refractivity contribution is -0.0358. The number of hydrazine groups is 1. The van der Waals surface area contributed by atoms with E-state index in [2.05, 4.69) is 33.1 Å². The fourth-order valence-electron chi connectivity index (χ4n) is 4.44. The van der Waals surface area contributed by atoms with Gasteiger partial charge in [-0.3, -0.25) is 20.5 Å². The third kappa shape index (κ3) is 4.88. The highest BCUT2D eigenvalue weighted by Gasteiger charge is 2.40. The highest BCUT2D eigenvalue weighted by molar-refractivity contribution is 6.35. The van der Waals surface area contributed by atoms with E-state index in [1.165, 1.54) is 0 Å². The van der Waals surface area contributed by atoms with Gasteiger partial charge in [0.25, 0.3) is 0 Å². The van der Waals surface area contributed by atoms with E-state index in [9.17, 15) is 0 Å². The molecule has 1 aliphatic carbocycles. The first-order valence-electron chi connectivity index (χ1n) is 10.3. The number of nitrogens with zero attached hydrogens (tertiary/aromatic N) is 3. The maximum Gasteiger partial charge on any atom is 0.0830 e. The first-order chi connectivity index (χ1) is 14.5. The molecule has 2 aliphatic rings. The van der Waals surface area contributed by atoms with Gasteiger partial charge in [-0.15, -0.1) is 0 Å². The Kier molecular flexibility index (Phi) is 7.08. The van der Waals surface area contributed by atoms with Crippen LogP contribution in [0.4, 0.5) is 0 Å². The van der Waals surface area contributed by atoms with Crippen LogP contribution in [0.2, 0.25) is 10.0 Å². The van der Waals surface area contributed by atoms with Crippen LogP contribution in [0.25, 0.3) is 6.08 Å². The number of fused-ring (bicyclic) bond motifs is 1. The van der Waals surface area contributed by atoms with Gasteiger partial charge >= 0.3 is 0 Å². The van der Waals surface area contributed by atoms with Gasteiger partial charge in [-0.25, -0.2) is 0 Å². The van der Waals surface area contributed by atoms with Crippen LogP contribution in [0.1, 0.15) is 43.4 Å². The van der Waals surface area contributed by atoms with E-state index in [0.717, 1.165) is 30.4 Å². The molecule has 2 aromatic heterocycles. The van der Waals surface area contributed by atoms with Crippen molar-refractivity contribution in [1.82, 2.24) is 25.6 Å². The van der Waals surface area contributed by atoms with E-state index in [0.29, 0.717) is 28.5 Å². The van der Waals surface area contributed by atoms with E-state index in [4.69, 9.17) is 33.0 Å². The molecule has 0 spiro atoms. The van der Waals surface area contributed by atoms with Crippen molar-refractivity contribution in [2.75, 3.05) is 6.61 Å². The van der Waals surface area contributed by atoms with Gasteiger partial charge in [-0.05, 0) is 32.1 Å². The molecule has 5 atom stereocenters. The Morgan fingerprint density at radius 2 is 2.07 bits per heavy atom. The van der Waals surface area contributed by atoms with Crippen LogP contribution >= 0.6 is 23.2 Å². The van der Waals surface area contributed by atoms with Gasteiger partial charge in [-0.1, -0.05) is 35.4 Å². The average Bonchev–Trinajstić information content (AvgIpc) is 3.33. The molecule has 1 saturated heterocycles. The van der Waals surface area contributed by atoms with Gasteiger partial charge in [0, 0.05) is 41.8 Å². The van der Waals surface area contributed by atoms with E-state index in [1.54, 1.807) is 17.1 Å². The Balaban J connectivity index is 1.38. The lowest BCUT2D eigenvalue weighted by Gasteiger charge is -2.34. The molecule has 3 N–H and O–H groups in total. The van der Waals surface area contributed by atoms with Crippen LogP contribution in [0.3, 0.4) is 0 Å². The zero-order chi connectivity index (χ0) is 21.1. The van der Waals surface area contributed by atoms with Crippen LogP contribution in [0.5, 0.6) is 0 Å². The zero-order valence-corrected chi connectivity index (χ0v) is 18.4. The van der Waals surface area contributed by atoms with Gasteiger partial charge in [0.2, 0.25) is 0 Å². The van der Waals surface area contributed by atoms with Crippen molar-refractivity contribution >= 4 is 29.3 Å². The minimum Gasteiger partial charge on any atom is -0.394 e. The quantitative estimate of drug-likeness (QED) is 0.598. The Morgan fingerprint density at radius 1 is 1.27 bits per heavy atom. The Bertz CT molecular complexity index is 870. The smallest absolute Gasteiger partial charge is 0.0830 e. The van der Waals surface area contributed by atoms with Crippen molar-refractivity contribution in [3.8, 4) is 0 Å². The van der Waals surface area contributed by atoms with Gasteiger partial charge in [-0.2, -0.15) is 5.10 Å². The predicted molar refractivity (Wildman–Crippen MR) is 117 cm³/mol. The molecule has 7 nitrogen and oxygen atoms in total. The number of hydrogen-bond donors (Lipinski definition) is 3. The maximum absolute atomic E-state index is 9.02. The lowest BCUT2D eigenvalue weighted by atomic mass is 9.80. The van der Waals surface area contributed by atoms with E-state index < -0.39 is 0 Å². The standard InChI is InChI=1S/C21H27Cl2N5O2/c1-13(21-17(22)10-24-11-18(21)23)30-15-3-5-20-16(8-15)19(26-27-20)4-2-14-9-25-28(12-14)6-7-29/h2,4,9-13,15-16,19-20,26-27,29H,3,5-8H2,1H3/b4-2+/t13-,15?,16?,19?,20?/m1/s1. The minimum atomic E-state index is -0.191. The molecule has 162 valence electrons. The molecule has 4 rings (SSSR count). The summed E-state index contributed by atoms with van der Waals surface area (Å²) < 4.78 is 8.12. The van der Waals surface area contributed by atoms with Gasteiger partial charge in [0.05, 0.1) is 41.6 Å². The summed E-state index contributed by atoms with van der Waals surface area (Å²) in [6.45, 7) is 2.58. The summed E-state index contributed by atoms with van der Waals surface area (Å²) >= 11 is 12.6. The first-order valence-corrected chi connectivity index (χ1v) is 11.1. The molecule has 2 aromatic rings. The summed E-state index contributed by atoms with van der Waals surface area (Å²) in [7, 11) is 0. The molecule has 1 saturated carbocycles.